The fourth-order valence-electron chi connectivity index (χ4n) is 2.61. The zero-order valence-electron chi connectivity index (χ0n) is 10.7. The van der Waals surface area contributed by atoms with E-state index in [1.54, 1.807) is 12.4 Å². The maximum atomic E-state index is 11.7. The lowest BCUT2D eigenvalue weighted by Crippen LogP contribution is -2.23. The van der Waals surface area contributed by atoms with Crippen LogP contribution in [0, 0.1) is 5.92 Å². The van der Waals surface area contributed by atoms with Crippen LogP contribution in [0.4, 0.5) is 0 Å². The number of pyridine rings is 1. The summed E-state index contributed by atoms with van der Waals surface area (Å²) in [5.74, 6) is -0.191. The Hall–Kier alpha value is -2.17. The molecule has 2 heterocycles. The van der Waals surface area contributed by atoms with Gasteiger partial charge in [0.25, 0.3) is 0 Å². The van der Waals surface area contributed by atoms with E-state index in [4.69, 9.17) is 4.74 Å². The van der Waals surface area contributed by atoms with E-state index in [0.29, 0.717) is 6.42 Å². The van der Waals surface area contributed by atoms with E-state index < -0.39 is 0 Å². The van der Waals surface area contributed by atoms with E-state index in [1.807, 2.05) is 12.1 Å². The van der Waals surface area contributed by atoms with Crippen molar-refractivity contribution in [2.24, 2.45) is 5.92 Å². The average Bonchev–Trinajstić information content (AvgIpc) is 2.90. The van der Waals surface area contributed by atoms with E-state index in [9.17, 15) is 4.79 Å². The monoisotopic (exact) mass is 257 g/mol. The molecular weight excluding hydrogens is 242 g/mol. The van der Waals surface area contributed by atoms with Gasteiger partial charge in [-0.2, -0.15) is 5.10 Å². The maximum Gasteiger partial charge on any atom is 0.309 e. The van der Waals surface area contributed by atoms with E-state index >= 15 is 0 Å². The van der Waals surface area contributed by atoms with Crippen molar-refractivity contribution in [1.29, 1.82) is 0 Å². The number of hydrogen-bond donors (Lipinski definition) is 1. The first kappa shape index (κ1) is 11.9. The number of hydrogen-bond acceptors (Lipinski definition) is 4. The molecule has 1 unspecified atom stereocenters. The molecule has 19 heavy (non-hydrogen) atoms. The van der Waals surface area contributed by atoms with Gasteiger partial charge in [-0.05, 0) is 31.4 Å². The van der Waals surface area contributed by atoms with Crippen molar-refractivity contribution in [2.45, 2.75) is 19.3 Å². The smallest absolute Gasteiger partial charge is 0.309 e. The van der Waals surface area contributed by atoms with Crippen molar-refractivity contribution in [3.63, 3.8) is 0 Å². The Morgan fingerprint density at radius 2 is 2.21 bits per heavy atom. The van der Waals surface area contributed by atoms with Crippen molar-refractivity contribution in [3.8, 4) is 11.3 Å². The van der Waals surface area contributed by atoms with E-state index in [1.165, 1.54) is 7.11 Å². The van der Waals surface area contributed by atoms with Gasteiger partial charge in [0.2, 0.25) is 0 Å². The van der Waals surface area contributed by atoms with Crippen LogP contribution in [-0.4, -0.2) is 28.3 Å². The highest BCUT2D eigenvalue weighted by Crippen LogP contribution is 2.32. The van der Waals surface area contributed by atoms with Gasteiger partial charge in [0.05, 0.1) is 18.7 Å². The normalized spacial score (nSPS) is 17.8. The van der Waals surface area contributed by atoms with Gasteiger partial charge in [-0.15, -0.1) is 0 Å². The molecule has 1 aliphatic rings. The second-order valence-electron chi connectivity index (χ2n) is 4.73. The number of aromatic nitrogens is 3. The fraction of sp³-hybridized carbons (Fsp3) is 0.357. The summed E-state index contributed by atoms with van der Waals surface area (Å²) in [6.07, 6.45) is 5.84. The molecule has 0 aromatic carbocycles. The molecule has 1 aliphatic carbocycles. The number of carbonyl (C=O) groups excluding carboxylic acids is 1. The molecule has 0 bridgehead atoms. The van der Waals surface area contributed by atoms with Crippen LogP contribution in [0.3, 0.4) is 0 Å². The summed E-state index contributed by atoms with van der Waals surface area (Å²) in [5, 5.41) is 7.46. The van der Waals surface area contributed by atoms with Crippen LogP contribution < -0.4 is 0 Å². The lowest BCUT2D eigenvalue weighted by atomic mass is 9.85. The SMILES string of the molecule is COC(=O)C1CCc2[nH]nc(-c3ccncc3)c2C1. The summed E-state index contributed by atoms with van der Waals surface area (Å²) in [4.78, 5) is 15.7. The largest absolute Gasteiger partial charge is 0.469 e. The predicted molar refractivity (Wildman–Crippen MR) is 69.3 cm³/mol. The van der Waals surface area contributed by atoms with Gasteiger partial charge in [0.1, 0.15) is 0 Å². The Bertz CT molecular complexity index is 592. The molecule has 3 rings (SSSR count). The molecule has 1 N–H and O–H groups in total. The molecule has 1 atom stereocenters. The van der Waals surface area contributed by atoms with Gasteiger partial charge in [-0.1, -0.05) is 0 Å². The van der Waals surface area contributed by atoms with E-state index in [-0.39, 0.29) is 11.9 Å². The molecule has 0 amide bonds. The third-order valence-corrected chi connectivity index (χ3v) is 3.63. The number of nitrogens with one attached hydrogen (secondary N) is 1. The number of H-pyrrole nitrogens is 1. The molecule has 2 aromatic rings. The Kier molecular flexibility index (Phi) is 3.03. The van der Waals surface area contributed by atoms with Crippen molar-refractivity contribution in [1.82, 2.24) is 15.2 Å². The highest BCUT2D eigenvalue weighted by molar-refractivity contribution is 5.74. The number of aromatic amines is 1. The van der Waals surface area contributed by atoms with Crippen molar-refractivity contribution < 1.29 is 9.53 Å². The minimum Gasteiger partial charge on any atom is -0.469 e. The first-order chi connectivity index (χ1) is 9.29. The number of methoxy groups -OCH3 is 1. The van der Waals surface area contributed by atoms with Gasteiger partial charge in [-0.3, -0.25) is 14.9 Å². The molecule has 0 radical (unpaired) electrons. The Morgan fingerprint density at radius 3 is 2.95 bits per heavy atom. The summed E-state index contributed by atoms with van der Waals surface area (Å²) in [5.41, 5.74) is 4.21. The highest BCUT2D eigenvalue weighted by Gasteiger charge is 2.29. The summed E-state index contributed by atoms with van der Waals surface area (Å²) in [6, 6.07) is 3.86. The molecule has 5 heteroatoms. The molecule has 98 valence electrons. The van der Waals surface area contributed by atoms with Crippen LogP contribution in [0.1, 0.15) is 17.7 Å². The summed E-state index contributed by atoms with van der Waals surface area (Å²) >= 11 is 0. The third kappa shape index (κ3) is 2.12. The molecular formula is C14H15N3O2. The van der Waals surface area contributed by atoms with Crippen molar-refractivity contribution in [3.05, 3.63) is 35.8 Å². The molecule has 0 saturated heterocycles. The summed E-state index contributed by atoms with van der Waals surface area (Å²) in [7, 11) is 1.44. The molecule has 2 aromatic heterocycles. The van der Waals surface area contributed by atoms with Crippen LogP contribution in [-0.2, 0) is 22.4 Å². The van der Waals surface area contributed by atoms with Crippen LogP contribution in [0.5, 0.6) is 0 Å². The number of nitrogens with zero attached hydrogens (tertiary/aromatic N) is 2. The predicted octanol–water partition coefficient (Wildman–Crippen LogP) is 1.75. The van der Waals surface area contributed by atoms with Crippen LogP contribution in [0.15, 0.2) is 24.5 Å². The number of rotatable bonds is 2. The van der Waals surface area contributed by atoms with Gasteiger partial charge in [0.15, 0.2) is 0 Å². The van der Waals surface area contributed by atoms with E-state index in [2.05, 4.69) is 15.2 Å². The first-order valence-electron chi connectivity index (χ1n) is 6.34. The Balaban J connectivity index is 1.95. The molecule has 0 fully saturated rings. The Morgan fingerprint density at radius 1 is 1.42 bits per heavy atom. The Labute approximate surface area is 111 Å². The van der Waals surface area contributed by atoms with Crippen LogP contribution in [0.2, 0.25) is 0 Å². The number of aryl methyl sites for hydroxylation is 1. The minimum atomic E-state index is -0.132. The number of ether oxygens (including phenoxy) is 1. The van der Waals surface area contributed by atoms with Crippen molar-refractivity contribution in [2.75, 3.05) is 7.11 Å². The van der Waals surface area contributed by atoms with Gasteiger partial charge in [0, 0.05) is 29.2 Å². The standard InChI is InChI=1S/C14H15N3O2/c1-19-14(18)10-2-3-12-11(8-10)13(17-16-12)9-4-6-15-7-5-9/h4-7,10H,2-3,8H2,1H3,(H,16,17). The molecule has 0 saturated carbocycles. The maximum absolute atomic E-state index is 11.7. The third-order valence-electron chi connectivity index (χ3n) is 3.63. The minimum absolute atomic E-state index is 0.0595. The zero-order chi connectivity index (χ0) is 13.2. The molecule has 5 nitrogen and oxygen atoms in total. The van der Waals surface area contributed by atoms with Crippen LogP contribution >= 0.6 is 0 Å². The summed E-state index contributed by atoms with van der Waals surface area (Å²) < 4.78 is 4.85. The van der Waals surface area contributed by atoms with Crippen molar-refractivity contribution >= 4 is 5.97 Å². The number of carbonyl (C=O) groups is 1. The molecule has 0 spiro atoms. The second kappa shape index (κ2) is 4.84. The van der Waals surface area contributed by atoms with E-state index in [0.717, 1.165) is 35.4 Å². The average molecular weight is 257 g/mol. The lowest BCUT2D eigenvalue weighted by molar-refractivity contribution is -0.145. The highest BCUT2D eigenvalue weighted by atomic mass is 16.5. The molecule has 0 aliphatic heterocycles. The fourth-order valence-corrected chi connectivity index (χ4v) is 2.61. The zero-order valence-corrected chi connectivity index (χ0v) is 10.7. The number of fused-ring (bicyclic) bond motifs is 1. The lowest BCUT2D eigenvalue weighted by Gasteiger charge is -2.20. The van der Waals surface area contributed by atoms with Gasteiger partial charge >= 0.3 is 5.97 Å². The second-order valence-corrected chi connectivity index (χ2v) is 4.73. The van der Waals surface area contributed by atoms with Gasteiger partial charge in [-0.25, -0.2) is 0 Å². The number of esters is 1. The quantitative estimate of drug-likeness (QED) is 0.832. The summed E-state index contributed by atoms with van der Waals surface area (Å²) in [6.45, 7) is 0. The van der Waals surface area contributed by atoms with Gasteiger partial charge < -0.3 is 4.74 Å². The van der Waals surface area contributed by atoms with Crippen LogP contribution in [0.25, 0.3) is 11.3 Å². The topological polar surface area (TPSA) is 67.9 Å². The first-order valence-corrected chi connectivity index (χ1v) is 6.34.